The fraction of sp³-hybridized carbons (Fsp3) is 0.417. The normalized spacial score (nSPS) is 12.8. The van der Waals surface area contributed by atoms with Crippen LogP contribution < -0.4 is 19.7 Å². The van der Waals surface area contributed by atoms with E-state index in [0.717, 1.165) is 11.3 Å². The smallest absolute Gasteiger partial charge is 0.489 e. The second kappa shape index (κ2) is 12.1. The lowest BCUT2D eigenvalue weighted by Crippen LogP contribution is -2.37. The van der Waals surface area contributed by atoms with E-state index in [-0.39, 0.29) is 56.1 Å². The predicted octanol–water partition coefficient (Wildman–Crippen LogP) is 4.66. The van der Waals surface area contributed by atoms with Crippen LogP contribution in [0.3, 0.4) is 0 Å². The third-order valence-electron chi connectivity index (χ3n) is 5.37. The Balaban J connectivity index is 0.00000432. The van der Waals surface area contributed by atoms with E-state index in [1.807, 2.05) is 6.07 Å². The molecule has 35 heavy (non-hydrogen) atoms. The van der Waals surface area contributed by atoms with Crippen molar-refractivity contribution >= 4 is 30.0 Å². The second-order valence-corrected chi connectivity index (χ2v) is 8.27. The van der Waals surface area contributed by atoms with E-state index < -0.39 is 12.3 Å². The number of aliphatic carboxylic acids is 1. The van der Waals surface area contributed by atoms with Crippen molar-refractivity contribution in [2.75, 3.05) is 24.5 Å². The quantitative estimate of drug-likeness (QED) is 0.446. The number of fused-ring (bicyclic) bond motifs is 1. The molecule has 11 heteroatoms. The molecule has 2 aromatic carbocycles. The van der Waals surface area contributed by atoms with Crippen LogP contribution in [0.15, 0.2) is 36.4 Å². The molecule has 3 rings (SSSR count). The van der Waals surface area contributed by atoms with E-state index >= 15 is 0 Å². The fourth-order valence-corrected chi connectivity index (χ4v) is 3.74. The first-order valence-corrected chi connectivity index (χ1v) is 10.9. The van der Waals surface area contributed by atoms with Gasteiger partial charge in [-0.3, -0.25) is 9.59 Å². The summed E-state index contributed by atoms with van der Waals surface area (Å²) < 4.78 is 48.4. The molecule has 0 spiro atoms. The Morgan fingerprint density at radius 2 is 1.91 bits per heavy atom. The number of nitrogens with zero attached hydrogens (tertiary/aromatic N) is 1. The minimum atomic E-state index is -4.78. The van der Waals surface area contributed by atoms with Crippen LogP contribution in [0.25, 0.3) is 0 Å². The van der Waals surface area contributed by atoms with Crippen molar-refractivity contribution in [3.63, 3.8) is 0 Å². The van der Waals surface area contributed by atoms with E-state index in [1.54, 1.807) is 43.0 Å². The van der Waals surface area contributed by atoms with E-state index in [9.17, 15) is 22.8 Å². The van der Waals surface area contributed by atoms with Crippen molar-refractivity contribution < 1.29 is 37.3 Å². The zero-order chi connectivity index (χ0) is 24.9. The SMILES string of the molecule is CC(C)c1ccc(COc2ccc3c(c2)CCN3C(=O)CNCCC(=O)O)cc1OC(F)(F)F.Cl. The maximum atomic E-state index is 12.8. The molecule has 0 aliphatic carbocycles. The standard InChI is InChI=1S/C24H27F3N2O5.ClH/c1-15(2)19-5-3-16(11-21(19)34-24(25,26)27)14-33-18-4-6-20-17(12-18)8-10-29(20)22(30)13-28-9-7-23(31)32;/h3-6,11-12,15,28H,7-10,13-14H2,1-2H3,(H,31,32);1H. The number of nitrogens with one attached hydrogen (secondary N) is 1. The molecule has 1 amide bonds. The number of hydrogen-bond donors (Lipinski definition) is 2. The predicted molar refractivity (Wildman–Crippen MR) is 126 cm³/mol. The average Bonchev–Trinajstić information content (AvgIpc) is 3.17. The lowest BCUT2D eigenvalue weighted by Gasteiger charge is -2.18. The lowest BCUT2D eigenvalue weighted by molar-refractivity contribution is -0.275. The van der Waals surface area contributed by atoms with Gasteiger partial charge in [0.15, 0.2) is 0 Å². The van der Waals surface area contributed by atoms with Gasteiger partial charge in [-0.15, -0.1) is 25.6 Å². The highest BCUT2D eigenvalue weighted by molar-refractivity contribution is 5.96. The zero-order valence-electron chi connectivity index (χ0n) is 19.4. The largest absolute Gasteiger partial charge is 0.573 e. The van der Waals surface area contributed by atoms with Crippen LogP contribution >= 0.6 is 12.4 Å². The number of amides is 1. The number of ether oxygens (including phenoxy) is 2. The van der Waals surface area contributed by atoms with Crippen LogP contribution in [0.2, 0.25) is 0 Å². The average molecular weight is 517 g/mol. The highest BCUT2D eigenvalue weighted by Gasteiger charge is 2.32. The number of rotatable bonds is 10. The Morgan fingerprint density at radius 1 is 1.17 bits per heavy atom. The van der Waals surface area contributed by atoms with Gasteiger partial charge in [-0.1, -0.05) is 26.0 Å². The van der Waals surface area contributed by atoms with Crippen molar-refractivity contribution in [2.45, 2.75) is 45.6 Å². The number of anilines is 1. The van der Waals surface area contributed by atoms with Crippen LogP contribution in [0.1, 0.15) is 42.9 Å². The lowest BCUT2D eigenvalue weighted by atomic mass is 10.0. The molecule has 1 heterocycles. The molecule has 0 saturated carbocycles. The number of alkyl halides is 3. The summed E-state index contributed by atoms with van der Waals surface area (Å²) in [6, 6.07) is 9.96. The summed E-state index contributed by atoms with van der Waals surface area (Å²) in [6.07, 6.45) is -4.20. The number of benzene rings is 2. The van der Waals surface area contributed by atoms with Crippen LogP contribution in [0, 0.1) is 0 Å². The highest BCUT2D eigenvalue weighted by atomic mass is 35.5. The minimum Gasteiger partial charge on any atom is -0.489 e. The molecule has 7 nitrogen and oxygen atoms in total. The molecule has 0 fully saturated rings. The Kier molecular flexibility index (Phi) is 9.79. The molecular weight excluding hydrogens is 489 g/mol. The zero-order valence-corrected chi connectivity index (χ0v) is 20.2. The van der Waals surface area contributed by atoms with Gasteiger partial charge >= 0.3 is 12.3 Å². The first kappa shape index (κ1) is 28.3. The van der Waals surface area contributed by atoms with Gasteiger partial charge in [0.25, 0.3) is 0 Å². The molecule has 192 valence electrons. The first-order chi connectivity index (χ1) is 16.0. The van der Waals surface area contributed by atoms with Gasteiger partial charge in [0, 0.05) is 18.8 Å². The fourth-order valence-electron chi connectivity index (χ4n) is 3.74. The Labute approximate surface area is 207 Å². The number of carbonyl (C=O) groups is 2. The molecule has 0 radical (unpaired) electrons. The molecule has 0 aromatic heterocycles. The molecule has 2 aromatic rings. The summed E-state index contributed by atoms with van der Waals surface area (Å²) in [7, 11) is 0. The van der Waals surface area contributed by atoms with Crippen molar-refractivity contribution in [1.82, 2.24) is 5.32 Å². The van der Waals surface area contributed by atoms with Gasteiger partial charge in [-0.2, -0.15) is 0 Å². The van der Waals surface area contributed by atoms with E-state index in [1.165, 1.54) is 6.07 Å². The van der Waals surface area contributed by atoms with Gasteiger partial charge < -0.3 is 24.8 Å². The van der Waals surface area contributed by atoms with Gasteiger partial charge in [0.2, 0.25) is 5.91 Å². The topological polar surface area (TPSA) is 88.1 Å². The third-order valence-corrected chi connectivity index (χ3v) is 5.37. The second-order valence-electron chi connectivity index (χ2n) is 8.27. The van der Waals surface area contributed by atoms with Gasteiger partial charge in [-0.25, -0.2) is 0 Å². The molecule has 0 bridgehead atoms. The molecule has 1 aliphatic heterocycles. The number of carboxylic acid groups (broad SMARTS) is 1. The summed E-state index contributed by atoms with van der Waals surface area (Å²) in [6.45, 7) is 4.40. The van der Waals surface area contributed by atoms with Gasteiger partial charge in [0.1, 0.15) is 18.1 Å². The van der Waals surface area contributed by atoms with Crippen molar-refractivity contribution in [3.8, 4) is 11.5 Å². The molecule has 0 atom stereocenters. The summed E-state index contributed by atoms with van der Waals surface area (Å²) in [5.41, 5.74) is 2.68. The maximum absolute atomic E-state index is 12.8. The summed E-state index contributed by atoms with van der Waals surface area (Å²) in [5.74, 6) is -0.913. The van der Waals surface area contributed by atoms with E-state index in [4.69, 9.17) is 9.84 Å². The summed E-state index contributed by atoms with van der Waals surface area (Å²) in [4.78, 5) is 24.6. The number of carbonyl (C=O) groups excluding carboxylic acids is 1. The summed E-state index contributed by atoms with van der Waals surface area (Å²) in [5, 5.41) is 11.5. The van der Waals surface area contributed by atoms with Crippen molar-refractivity contribution in [1.29, 1.82) is 0 Å². The number of carboxylic acids is 1. The Hall–Kier alpha value is -2.98. The van der Waals surface area contributed by atoms with Crippen LogP contribution in [-0.2, 0) is 22.6 Å². The van der Waals surface area contributed by atoms with E-state index in [0.29, 0.717) is 29.8 Å². The number of hydrogen-bond acceptors (Lipinski definition) is 5. The van der Waals surface area contributed by atoms with E-state index in [2.05, 4.69) is 10.1 Å². The maximum Gasteiger partial charge on any atom is 0.573 e. The van der Waals surface area contributed by atoms with Crippen molar-refractivity contribution in [2.24, 2.45) is 0 Å². The monoisotopic (exact) mass is 516 g/mol. The number of halogens is 4. The first-order valence-electron chi connectivity index (χ1n) is 10.9. The van der Waals surface area contributed by atoms with Gasteiger partial charge in [-0.05, 0) is 53.3 Å². The van der Waals surface area contributed by atoms with Crippen molar-refractivity contribution in [3.05, 3.63) is 53.1 Å². The third kappa shape index (κ3) is 8.03. The molecule has 1 aliphatic rings. The Bertz CT molecular complexity index is 1050. The Morgan fingerprint density at radius 3 is 2.57 bits per heavy atom. The van der Waals surface area contributed by atoms with Crippen LogP contribution in [0.5, 0.6) is 11.5 Å². The molecule has 0 unspecified atom stereocenters. The molecule has 0 saturated heterocycles. The van der Waals surface area contributed by atoms with Crippen LogP contribution in [0.4, 0.5) is 18.9 Å². The molecule has 2 N–H and O–H groups in total. The van der Waals surface area contributed by atoms with Gasteiger partial charge in [0.05, 0.1) is 13.0 Å². The minimum absolute atomic E-state index is 0. The van der Waals surface area contributed by atoms with Crippen LogP contribution in [-0.4, -0.2) is 43.0 Å². The summed E-state index contributed by atoms with van der Waals surface area (Å²) >= 11 is 0. The molecular formula is C24H28ClF3N2O5. The highest BCUT2D eigenvalue weighted by Crippen LogP contribution is 2.34.